The number of aryl methyl sites for hydroxylation is 1. The average Bonchev–Trinajstić information content (AvgIpc) is 2.86. The summed E-state index contributed by atoms with van der Waals surface area (Å²) >= 11 is 0. The first-order valence-corrected chi connectivity index (χ1v) is 14.0. The molecule has 2 amide bonds. The zero-order valence-electron chi connectivity index (χ0n) is 22.7. The third-order valence-electron chi connectivity index (χ3n) is 6.05. The summed E-state index contributed by atoms with van der Waals surface area (Å²) in [5, 5.41) is 3.01. The molecule has 0 unspecified atom stereocenters. The molecule has 3 aromatic rings. The molecule has 0 aliphatic rings. The predicted octanol–water partition coefficient (Wildman–Crippen LogP) is 4.17. The van der Waals surface area contributed by atoms with E-state index in [2.05, 4.69) is 5.32 Å². The number of nitrogens with one attached hydrogen (secondary N) is 1. The maximum absolute atomic E-state index is 13.8. The van der Waals surface area contributed by atoms with Gasteiger partial charge in [0.15, 0.2) is 0 Å². The van der Waals surface area contributed by atoms with Crippen LogP contribution in [0.15, 0.2) is 89.8 Å². The highest BCUT2D eigenvalue weighted by Crippen LogP contribution is 2.19. The molecule has 1 atom stereocenters. The normalized spacial score (nSPS) is 12.7. The van der Waals surface area contributed by atoms with Gasteiger partial charge in [-0.15, -0.1) is 0 Å². The third kappa shape index (κ3) is 8.00. The summed E-state index contributed by atoms with van der Waals surface area (Å²) in [6.07, 6.45) is 0.287. The number of hydrogen-bond acceptors (Lipinski definition) is 4. The number of amides is 2. The van der Waals surface area contributed by atoms with Gasteiger partial charge in [0.1, 0.15) is 6.04 Å². The van der Waals surface area contributed by atoms with Crippen molar-refractivity contribution in [3.63, 3.8) is 0 Å². The summed E-state index contributed by atoms with van der Waals surface area (Å²) in [5.41, 5.74) is 2.16. The van der Waals surface area contributed by atoms with Crippen LogP contribution in [0.5, 0.6) is 0 Å². The summed E-state index contributed by atoms with van der Waals surface area (Å²) in [7, 11) is -2.52. The number of carbonyl (C=O) groups is 2. The lowest BCUT2D eigenvalue weighted by Gasteiger charge is -2.34. The zero-order chi connectivity index (χ0) is 27.9. The fraction of sp³-hybridized carbons (Fsp3) is 0.333. The second-order valence-corrected chi connectivity index (χ2v) is 12.6. The van der Waals surface area contributed by atoms with E-state index in [0.717, 1.165) is 21.0 Å². The van der Waals surface area contributed by atoms with Gasteiger partial charge in [0, 0.05) is 25.6 Å². The molecular weight excluding hydrogens is 498 g/mol. The quantitative estimate of drug-likeness (QED) is 0.422. The molecule has 0 aromatic heterocycles. The molecule has 0 fully saturated rings. The molecule has 0 saturated heterocycles. The first-order valence-electron chi connectivity index (χ1n) is 12.6. The molecule has 0 aliphatic carbocycles. The predicted molar refractivity (Wildman–Crippen MR) is 150 cm³/mol. The summed E-state index contributed by atoms with van der Waals surface area (Å²) in [6.45, 7) is 7.28. The molecule has 0 heterocycles. The Balaban J connectivity index is 1.97. The Morgan fingerprint density at radius 3 is 1.89 bits per heavy atom. The molecule has 0 radical (unpaired) electrons. The highest BCUT2D eigenvalue weighted by molar-refractivity contribution is 7.89. The number of benzene rings is 3. The first kappa shape index (κ1) is 29.1. The molecule has 0 saturated carbocycles. The van der Waals surface area contributed by atoms with Crippen LogP contribution in [0, 0.1) is 6.92 Å². The minimum Gasteiger partial charge on any atom is -0.350 e. The monoisotopic (exact) mass is 535 g/mol. The number of rotatable bonds is 10. The van der Waals surface area contributed by atoms with Crippen LogP contribution >= 0.6 is 0 Å². The van der Waals surface area contributed by atoms with E-state index in [4.69, 9.17) is 0 Å². The second-order valence-electron chi connectivity index (χ2n) is 10.5. The molecule has 0 spiro atoms. The molecule has 202 valence electrons. The summed E-state index contributed by atoms with van der Waals surface area (Å²) in [5.74, 6) is -0.758. The molecular formula is C30H37N3O4S. The van der Waals surface area contributed by atoms with Crippen LogP contribution in [0.4, 0.5) is 0 Å². The van der Waals surface area contributed by atoms with Crippen LogP contribution in [-0.4, -0.2) is 54.6 Å². The highest BCUT2D eigenvalue weighted by atomic mass is 32.2. The van der Waals surface area contributed by atoms with Crippen molar-refractivity contribution in [2.45, 2.75) is 57.1 Å². The van der Waals surface area contributed by atoms with E-state index in [1.165, 1.54) is 24.1 Å². The van der Waals surface area contributed by atoms with Gasteiger partial charge < -0.3 is 10.2 Å². The van der Waals surface area contributed by atoms with Gasteiger partial charge in [0.2, 0.25) is 21.8 Å². The molecule has 0 aliphatic heterocycles. The Morgan fingerprint density at radius 1 is 0.842 bits per heavy atom. The molecule has 38 heavy (non-hydrogen) atoms. The van der Waals surface area contributed by atoms with Gasteiger partial charge in [-0.2, -0.15) is 4.31 Å². The lowest BCUT2D eigenvalue weighted by atomic mass is 10.0. The fourth-order valence-corrected chi connectivity index (χ4v) is 5.16. The van der Waals surface area contributed by atoms with Crippen LogP contribution in [0.25, 0.3) is 0 Å². The second kappa shape index (κ2) is 12.4. The highest BCUT2D eigenvalue weighted by Gasteiger charge is 2.34. The molecule has 8 heteroatoms. The van der Waals surface area contributed by atoms with Crippen molar-refractivity contribution in [1.82, 2.24) is 14.5 Å². The number of likely N-dealkylation sites (N-methyl/N-ethyl adjacent to an activating group) is 1. The Morgan fingerprint density at radius 2 is 1.37 bits per heavy atom. The van der Waals surface area contributed by atoms with Crippen LogP contribution in [-0.2, 0) is 32.6 Å². The lowest BCUT2D eigenvalue weighted by Crippen LogP contribution is -2.56. The van der Waals surface area contributed by atoms with Gasteiger partial charge in [0.05, 0.1) is 11.4 Å². The Labute approximate surface area is 226 Å². The number of sulfonamides is 1. The van der Waals surface area contributed by atoms with Crippen molar-refractivity contribution in [3.8, 4) is 0 Å². The topological polar surface area (TPSA) is 86.8 Å². The molecule has 3 rings (SSSR count). The lowest BCUT2D eigenvalue weighted by molar-refractivity contribution is -0.141. The first-order chi connectivity index (χ1) is 17.9. The van der Waals surface area contributed by atoms with E-state index >= 15 is 0 Å². The van der Waals surface area contributed by atoms with E-state index in [9.17, 15) is 18.0 Å². The van der Waals surface area contributed by atoms with Crippen molar-refractivity contribution in [3.05, 3.63) is 102 Å². The smallest absolute Gasteiger partial charge is 0.243 e. The summed E-state index contributed by atoms with van der Waals surface area (Å²) in [6, 6.07) is 24.5. The minimum atomic E-state index is -3.91. The van der Waals surface area contributed by atoms with Crippen LogP contribution in [0.2, 0.25) is 0 Å². The van der Waals surface area contributed by atoms with Gasteiger partial charge >= 0.3 is 0 Å². The SMILES string of the molecule is Cc1ccc(S(=O)(=O)N(C)CC(=O)N(Cc2ccccc2)[C@@H](Cc2ccccc2)C(=O)NC(C)(C)C)cc1. The molecule has 1 N–H and O–H groups in total. The number of nitrogens with zero attached hydrogens (tertiary/aromatic N) is 2. The molecule has 7 nitrogen and oxygen atoms in total. The average molecular weight is 536 g/mol. The zero-order valence-corrected chi connectivity index (χ0v) is 23.5. The number of hydrogen-bond donors (Lipinski definition) is 1. The van der Waals surface area contributed by atoms with Gasteiger partial charge in [-0.1, -0.05) is 78.4 Å². The Hall–Kier alpha value is -3.49. The summed E-state index contributed by atoms with van der Waals surface area (Å²) in [4.78, 5) is 29.0. The van der Waals surface area contributed by atoms with E-state index in [-0.39, 0.29) is 23.8 Å². The Bertz CT molecular complexity index is 1320. The number of carbonyl (C=O) groups excluding carboxylic acids is 2. The van der Waals surface area contributed by atoms with Crippen LogP contribution in [0.3, 0.4) is 0 Å². The minimum absolute atomic E-state index is 0.110. The van der Waals surface area contributed by atoms with Gasteiger partial charge in [-0.05, 0) is 51.0 Å². The van der Waals surface area contributed by atoms with Crippen molar-refractivity contribution in [1.29, 1.82) is 0 Å². The van der Waals surface area contributed by atoms with Crippen LogP contribution < -0.4 is 5.32 Å². The van der Waals surface area contributed by atoms with Gasteiger partial charge in [0.25, 0.3) is 0 Å². The third-order valence-corrected chi connectivity index (χ3v) is 7.87. The van der Waals surface area contributed by atoms with Crippen molar-refractivity contribution in [2.24, 2.45) is 0 Å². The molecule has 3 aromatic carbocycles. The van der Waals surface area contributed by atoms with Crippen molar-refractivity contribution < 1.29 is 18.0 Å². The Kier molecular flexibility index (Phi) is 9.46. The maximum Gasteiger partial charge on any atom is 0.243 e. The van der Waals surface area contributed by atoms with Crippen molar-refractivity contribution in [2.75, 3.05) is 13.6 Å². The fourth-order valence-electron chi connectivity index (χ4n) is 4.04. The van der Waals surface area contributed by atoms with E-state index in [1.54, 1.807) is 12.1 Å². The largest absolute Gasteiger partial charge is 0.350 e. The summed E-state index contributed by atoms with van der Waals surface area (Å²) < 4.78 is 27.5. The molecule has 0 bridgehead atoms. The van der Waals surface area contributed by atoms with Gasteiger partial charge in [-0.3, -0.25) is 9.59 Å². The van der Waals surface area contributed by atoms with Crippen molar-refractivity contribution >= 4 is 21.8 Å². The van der Waals surface area contributed by atoms with Crippen LogP contribution in [0.1, 0.15) is 37.5 Å². The van der Waals surface area contributed by atoms with Gasteiger partial charge in [-0.25, -0.2) is 8.42 Å². The van der Waals surface area contributed by atoms with E-state index in [1.807, 2.05) is 88.4 Å². The standard InChI is InChI=1S/C30H37N3O4S/c1-23-16-18-26(19-17-23)38(36,37)32(5)22-28(34)33(21-25-14-10-7-11-15-25)27(29(35)31-30(2,3)4)20-24-12-8-6-9-13-24/h6-19,27H,20-22H2,1-5H3,(H,31,35)/t27-/m0/s1. The van der Waals surface area contributed by atoms with E-state index < -0.39 is 34.1 Å². The maximum atomic E-state index is 13.8. The van der Waals surface area contributed by atoms with E-state index in [0.29, 0.717) is 0 Å².